The van der Waals surface area contributed by atoms with Gasteiger partial charge in [-0.05, 0) is 60.0 Å². The number of para-hydroxylation sites is 2. The summed E-state index contributed by atoms with van der Waals surface area (Å²) in [4.78, 5) is 17.5. The van der Waals surface area contributed by atoms with E-state index < -0.39 is 33.2 Å². The Bertz CT molecular complexity index is 1820. The van der Waals surface area contributed by atoms with Gasteiger partial charge in [-0.15, -0.1) is 11.3 Å². The largest absolute Gasteiger partial charge is 0.504 e. The number of nitrogens with zero attached hydrogens (tertiary/aromatic N) is 1. The summed E-state index contributed by atoms with van der Waals surface area (Å²) in [6.07, 6.45) is 0. The summed E-state index contributed by atoms with van der Waals surface area (Å²) >= 11 is 1.25. The highest BCUT2D eigenvalue weighted by molar-refractivity contribution is 7.92. The molecule has 11 heteroatoms. The van der Waals surface area contributed by atoms with E-state index in [0.717, 1.165) is 10.3 Å². The van der Waals surface area contributed by atoms with E-state index in [4.69, 9.17) is 0 Å². The molecule has 0 saturated heterocycles. The molecular formula is C29H25N3O6S2. The SMILES string of the molecule is CC(C)c1ccccc1NS(=O)(=O)c1ccc(NC(=O)c2cc(-c3nc4ccccc4s3)c(O)c(O)c2O)cc1. The third-order valence-electron chi connectivity index (χ3n) is 6.27. The van der Waals surface area contributed by atoms with Crippen LogP contribution in [-0.4, -0.2) is 34.6 Å². The number of amides is 1. The highest BCUT2D eigenvalue weighted by Gasteiger charge is 2.24. The van der Waals surface area contributed by atoms with Crippen LogP contribution in [0.1, 0.15) is 35.7 Å². The Morgan fingerprint density at radius 3 is 2.25 bits per heavy atom. The zero-order valence-electron chi connectivity index (χ0n) is 21.4. The predicted octanol–water partition coefficient (Wildman–Crippen LogP) is 6.26. The molecule has 0 unspecified atom stereocenters. The molecule has 5 N–H and O–H groups in total. The van der Waals surface area contributed by atoms with Crippen LogP contribution in [-0.2, 0) is 10.0 Å². The van der Waals surface area contributed by atoms with Gasteiger partial charge in [-0.25, -0.2) is 13.4 Å². The van der Waals surface area contributed by atoms with Gasteiger partial charge in [0.05, 0.1) is 31.9 Å². The standard InChI is InChI=1S/C29H25N3O6S2/c1-16(2)19-7-3-4-8-22(19)32-40(37,38)18-13-11-17(12-14-18)30-28(36)20-15-21(26(34)27(35)25(20)33)29-31-23-9-5-6-10-24(23)39-29/h3-16,32-35H,1-2H3,(H,30,36). The van der Waals surface area contributed by atoms with Gasteiger partial charge >= 0.3 is 0 Å². The van der Waals surface area contributed by atoms with Crippen LogP contribution in [0.4, 0.5) is 11.4 Å². The number of anilines is 2. The summed E-state index contributed by atoms with van der Waals surface area (Å²) < 4.78 is 29.4. The molecule has 0 atom stereocenters. The maximum absolute atomic E-state index is 13.1. The number of sulfonamides is 1. The Morgan fingerprint density at radius 2 is 1.55 bits per heavy atom. The van der Waals surface area contributed by atoms with Crippen molar-refractivity contribution in [1.82, 2.24) is 4.98 Å². The molecule has 1 aromatic heterocycles. The number of benzene rings is 4. The fraction of sp³-hybridized carbons (Fsp3) is 0.103. The molecule has 1 heterocycles. The lowest BCUT2D eigenvalue weighted by Gasteiger charge is -2.15. The molecule has 5 aromatic rings. The number of carbonyl (C=O) groups is 1. The van der Waals surface area contributed by atoms with Crippen LogP contribution in [0.25, 0.3) is 20.8 Å². The minimum absolute atomic E-state index is 0.00712. The smallest absolute Gasteiger partial charge is 0.261 e. The van der Waals surface area contributed by atoms with Crippen molar-refractivity contribution in [2.45, 2.75) is 24.7 Å². The van der Waals surface area contributed by atoms with E-state index >= 15 is 0 Å². The van der Waals surface area contributed by atoms with Crippen LogP contribution in [0.2, 0.25) is 0 Å². The van der Waals surface area contributed by atoms with Crippen molar-refractivity contribution in [2.24, 2.45) is 0 Å². The molecule has 5 rings (SSSR count). The molecule has 0 saturated carbocycles. The first-order chi connectivity index (χ1) is 19.0. The lowest BCUT2D eigenvalue weighted by Crippen LogP contribution is -2.15. The average Bonchev–Trinajstić information content (AvgIpc) is 3.36. The molecule has 40 heavy (non-hydrogen) atoms. The van der Waals surface area contributed by atoms with E-state index in [2.05, 4.69) is 15.0 Å². The third-order valence-corrected chi connectivity index (χ3v) is 8.72. The highest BCUT2D eigenvalue weighted by atomic mass is 32.2. The quantitative estimate of drug-likeness (QED) is 0.144. The van der Waals surface area contributed by atoms with Crippen molar-refractivity contribution < 1.29 is 28.5 Å². The van der Waals surface area contributed by atoms with Crippen molar-refractivity contribution in [3.63, 3.8) is 0 Å². The second-order valence-corrected chi connectivity index (χ2v) is 12.0. The summed E-state index contributed by atoms with van der Waals surface area (Å²) in [5.41, 5.74) is 2.06. The zero-order chi connectivity index (χ0) is 28.6. The summed E-state index contributed by atoms with van der Waals surface area (Å²) in [6.45, 7) is 3.94. The normalized spacial score (nSPS) is 11.6. The van der Waals surface area contributed by atoms with Crippen LogP contribution in [0.5, 0.6) is 17.2 Å². The first kappa shape index (κ1) is 27.0. The Morgan fingerprint density at radius 1 is 0.875 bits per heavy atom. The number of hydrogen-bond acceptors (Lipinski definition) is 8. The minimum atomic E-state index is -3.90. The molecule has 0 aliphatic rings. The van der Waals surface area contributed by atoms with Gasteiger partial charge in [0.2, 0.25) is 5.75 Å². The maximum Gasteiger partial charge on any atom is 0.261 e. The molecule has 4 aromatic carbocycles. The molecular weight excluding hydrogens is 550 g/mol. The lowest BCUT2D eigenvalue weighted by atomic mass is 10.0. The first-order valence-corrected chi connectivity index (χ1v) is 14.5. The number of carbonyl (C=O) groups excluding carboxylic acids is 1. The number of aromatic hydroxyl groups is 3. The van der Waals surface area contributed by atoms with Gasteiger partial charge in [0.25, 0.3) is 15.9 Å². The fourth-order valence-electron chi connectivity index (χ4n) is 4.18. The summed E-state index contributed by atoms with van der Waals surface area (Å²) in [5, 5.41) is 34.2. The second-order valence-electron chi connectivity index (χ2n) is 9.33. The third kappa shape index (κ3) is 5.16. The number of fused-ring (bicyclic) bond motifs is 1. The van der Waals surface area contributed by atoms with E-state index in [1.54, 1.807) is 18.2 Å². The molecule has 0 spiro atoms. The molecule has 0 radical (unpaired) electrons. The van der Waals surface area contributed by atoms with Crippen LogP contribution >= 0.6 is 11.3 Å². The molecule has 0 aliphatic heterocycles. The van der Waals surface area contributed by atoms with E-state index in [9.17, 15) is 28.5 Å². The van der Waals surface area contributed by atoms with Crippen molar-refractivity contribution in [1.29, 1.82) is 0 Å². The number of phenols is 3. The number of phenolic OH excluding ortho intramolecular Hbond substituents is 3. The van der Waals surface area contributed by atoms with Gasteiger partial charge in [0, 0.05) is 5.69 Å². The Labute approximate surface area is 234 Å². The number of rotatable bonds is 7. The van der Waals surface area contributed by atoms with Crippen LogP contribution in [0.15, 0.2) is 83.8 Å². The van der Waals surface area contributed by atoms with Gasteiger partial charge in [0.15, 0.2) is 11.5 Å². The second kappa shape index (κ2) is 10.5. The zero-order valence-corrected chi connectivity index (χ0v) is 23.0. The van der Waals surface area contributed by atoms with Crippen molar-refractivity contribution in [2.75, 3.05) is 10.0 Å². The topological polar surface area (TPSA) is 149 Å². The van der Waals surface area contributed by atoms with E-state index in [1.165, 1.54) is 41.7 Å². The minimum Gasteiger partial charge on any atom is -0.504 e. The number of aromatic nitrogens is 1. The molecule has 0 aliphatic carbocycles. The molecule has 204 valence electrons. The Hall–Kier alpha value is -4.61. The Kier molecular flexibility index (Phi) is 7.09. The van der Waals surface area contributed by atoms with Gasteiger partial charge in [-0.1, -0.05) is 44.2 Å². The number of nitrogens with one attached hydrogen (secondary N) is 2. The fourth-order valence-corrected chi connectivity index (χ4v) is 6.26. The predicted molar refractivity (Wildman–Crippen MR) is 156 cm³/mol. The molecule has 0 fully saturated rings. The van der Waals surface area contributed by atoms with E-state index in [1.807, 2.05) is 44.2 Å². The Balaban J connectivity index is 1.39. The van der Waals surface area contributed by atoms with Crippen molar-refractivity contribution >= 4 is 48.9 Å². The molecule has 9 nitrogen and oxygen atoms in total. The van der Waals surface area contributed by atoms with E-state index in [-0.39, 0.29) is 27.6 Å². The first-order valence-electron chi connectivity index (χ1n) is 12.2. The van der Waals surface area contributed by atoms with Gasteiger partial charge < -0.3 is 20.6 Å². The number of thiazole rings is 1. The van der Waals surface area contributed by atoms with Gasteiger partial charge in [-0.2, -0.15) is 0 Å². The molecule has 1 amide bonds. The van der Waals surface area contributed by atoms with Gasteiger partial charge in [-0.3, -0.25) is 9.52 Å². The van der Waals surface area contributed by atoms with Crippen LogP contribution < -0.4 is 10.0 Å². The van der Waals surface area contributed by atoms with Crippen molar-refractivity contribution in [3.05, 3.63) is 90.0 Å². The van der Waals surface area contributed by atoms with Crippen LogP contribution in [0.3, 0.4) is 0 Å². The summed E-state index contributed by atoms with van der Waals surface area (Å²) in [7, 11) is -3.90. The van der Waals surface area contributed by atoms with Crippen molar-refractivity contribution in [3.8, 4) is 27.8 Å². The highest BCUT2D eigenvalue weighted by Crippen LogP contribution is 2.46. The van der Waals surface area contributed by atoms with E-state index in [0.29, 0.717) is 16.2 Å². The summed E-state index contributed by atoms with van der Waals surface area (Å²) in [6, 6.07) is 21.2. The lowest BCUT2D eigenvalue weighted by molar-refractivity contribution is 0.102. The maximum atomic E-state index is 13.1. The number of hydrogen-bond donors (Lipinski definition) is 5. The monoisotopic (exact) mass is 575 g/mol. The molecule has 0 bridgehead atoms. The van der Waals surface area contributed by atoms with Crippen LogP contribution in [0, 0.1) is 0 Å². The average molecular weight is 576 g/mol. The van der Waals surface area contributed by atoms with Gasteiger partial charge in [0.1, 0.15) is 5.01 Å². The summed E-state index contributed by atoms with van der Waals surface area (Å²) in [5.74, 6) is -2.92.